The fourth-order valence-electron chi connectivity index (χ4n) is 7.24. The van der Waals surface area contributed by atoms with Gasteiger partial charge in [-0.1, -0.05) is 41.9 Å². The molecule has 3 aromatic carbocycles. The molecule has 1 fully saturated rings. The van der Waals surface area contributed by atoms with Gasteiger partial charge in [0.05, 0.1) is 28.1 Å². The molecule has 0 aliphatic carbocycles. The van der Waals surface area contributed by atoms with Crippen LogP contribution in [-0.2, 0) is 24.3 Å². The highest BCUT2D eigenvalue weighted by Crippen LogP contribution is 2.36. The Morgan fingerprint density at radius 2 is 1.83 bits per heavy atom. The van der Waals surface area contributed by atoms with Crippen LogP contribution in [0, 0.1) is 6.92 Å². The summed E-state index contributed by atoms with van der Waals surface area (Å²) in [5.41, 5.74) is 9.52. The van der Waals surface area contributed by atoms with Crippen LogP contribution in [0.15, 0.2) is 79.4 Å². The number of anilines is 2. The summed E-state index contributed by atoms with van der Waals surface area (Å²) in [6, 6.07) is 18.3. The number of imidazole rings is 2. The Morgan fingerprint density at radius 3 is 2.54 bits per heavy atom. The number of amides is 3. The van der Waals surface area contributed by atoms with E-state index in [-0.39, 0.29) is 47.1 Å². The number of nitrogens with zero attached hydrogens (tertiary/aromatic N) is 6. The van der Waals surface area contributed by atoms with Crippen molar-refractivity contribution in [2.75, 3.05) is 30.7 Å². The SMILES string of the molecule is CCN(C(=O)Nc1ccccc1C)C1CCN(C(=O)CC(Cc2cc(Cl)c(N)c(C(F)F)c2)c2nc3ccccc3n2CCCn2ccnc2)CC1. The van der Waals surface area contributed by atoms with Crippen LogP contribution in [0.3, 0.4) is 0 Å². The Balaban J connectivity index is 1.23. The van der Waals surface area contributed by atoms with Crippen molar-refractivity contribution in [1.82, 2.24) is 28.9 Å². The molecule has 52 heavy (non-hydrogen) atoms. The van der Waals surface area contributed by atoms with Crippen molar-refractivity contribution in [3.8, 4) is 0 Å². The van der Waals surface area contributed by atoms with Gasteiger partial charge in [0, 0.05) is 74.7 Å². The Kier molecular flexibility index (Phi) is 11.7. The average Bonchev–Trinajstić information content (AvgIpc) is 3.79. The van der Waals surface area contributed by atoms with Crippen molar-refractivity contribution < 1.29 is 18.4 Å². The highest BCUT2D eigenvalue weighted by Gasteiger charge is 2.32. The second-order valence-corrected chi connectivity index (χ2v) is 13.8. The van der Waals surface area contributed by atoms with Crippen molar-refractivity contribution in [3.05, 3.63) is 107 Å². The van der Waals surface area contributed by atoms with Crippen LogP contribution in [0.4, 0.5) is 25.0 Å². The monoisotopic (exact) mass is 730 g/mol. The van der Waals surface area contributed by atoms with Crippen LogP contribution < -0.4 is 11.1 Å². The number of nitrogen functional groups attached to an aromatic ring is 1. The first kappa shape index (κ1) is 36.8. The summed E-state index contributed by atoms with van der Waals surface area (Å²) < 4.78 is 32.2. The van der Waals surface area contributed by atoms with Crippen LogP contribution >= 0.6 is 11.6 Å². The Bertz CT molecular complexity index is 1990. The molecule has 1 saturated heterocycles. The van der Waals surface area contributed by atoms with Gasteiger partial charge in [0.2, 0.25) is 5.91 Å². The van der Waals surface area contributed by atoms with Gasteiger partial charge in [-0.15, -0.1) is 0 Å². The van der Waals surface area contributed by atoms with Gasteiger partial charge >= 0.3 is 6.03 Å². The van der Waals surface area contributed by atoms with Crippen LogP contribution in [-0.4, -0.2) is 66.5 Å². The summed E-state index contributed by atoms with van der Waals surface area (Å²) >= 11 is 6.36. The maximum atomic E-state index is 14.1. The molecule has 274 valence electrons. The number of rotatable bonds is 13. The van der Waals surface area contributed by atoms with E-state index in [1.54, 1.807) is 18.6 Å². The molecule has 1 unspecified atom stereocenters. The number of aromatic nitrogens is 4. The molecule has 3 heterocycles. The summed E-state index contributed by atoms with van der Waals surface area (Å²) in [4.78, 5) is 40.3. The maximum absolute atomic E-state index is 14.1. The van der Waals surface area contributed by atoms with Gasteiger partial charge in [0.25, 0.3) is 6.43 Å². The second kappa shape index (κ2) is 16.6. The standard InChI is InChI=1S/C39H45ClF2N8O2/c1-3-49(39(52)46-32-10-5-4-9-26(32)2)29-13-18-48(19-14-29)35(51)24-28(21-27-22-30(37(41)42)36(43)31(40)23-27)38-45-33-11-6-7-12-34(33)50(38)17-8-16-47-20-15-44-25-47/h4-7,9-12,15,20,22-23,25,28-29,37H,3,8,13-14,16-19,21,24,43H2,1-2H3,(H,46,52). The fraction of sp³-hybridized carbons (Fsp3) is 0.385. The van der Waals surface area contributed by atoms with E-state index >= 15 is 0 Å². The number of urea groups is 1. The number of carbonyl (C=O) groups is 2. The summed E-state index contributed by atoms with van der Waals surface area (Å²) in [5, 5.41) is 3.10. The normalized spacial score (nSPS) is 14.2. The molecule has 6 rings (SSSR count). The number of fused-ring (bicyclic) bond motifs is 1. The Hall–Kier alpha value is -4.97. The number of piperidine rings is 1. The van der Waals surface area contributed by atoms with E-state index in [4.69, 9.17) is 22.3 Å². The fourth-order valence-corrected chi connectivity index (χ4v) is 7.49. The third-order valence-corrected chi connectivity index (χ3v) is 10.3. The third-order valence-electron chi connectivity index (χ3n) is 10.0. The number of nitrogens with two attached hydrogens (primary N) is 1. The molecule has 1 atom stereocenters. The minimum atomic E-state index is -2.80. The number of para-hydroxylation sites is 3. The summed E-state index contributed by atoms with van der Waals surface area (Å²) in [6.07, 6.45) is 5.09. The smallest absolute Gasteiger partial charge is 0.322 e. The molecule has 13 heteroatoms. The van der Waals surface area contributed by atoms with Gasteiger partial charge < -0.3 is 30.0 Å². The Morgan fingerprint density at radius 1 is 1.08 bits per heavy atom. The molecular weight excluding hydrogens is 686 g/mol. The van der Waals surface area contributed by atoms with E-state index in [1.807, 2.05) is 82.9 Å². The predicted octanol–water partition coefficient (Wildman–Crippen LogP) is 8.07. The lowest BCUT2D eigenvalue weighted by molar-refractivity contribution is -0.133. The van der Waals surface area contributed by atoms with E-state index in [9.17, 15) is 18.4 Å². The molecule has 0 saturated carbocycles. The number of aryl methyl sites for hydroxylation is 3. The highest BCUT2D eigenvalue weighted by molar-refractivity contribution is 6.33. The second-order valence-electron chi connectivity index (χ2n) is 13.4. The van der Waals surface area contributed by atoms with Crippen LogP contribution in [0.5, 0.6) is 0 Å². The number of likely N-dealkylation sites (tertiary alicyclic amines) is 1. The molecule has 1 aliphatic heterocycles. The van der Waals surface area contributed by atoms with E-state index in [0.29, 0.717) is 50.4 Å². The number of hydrogen-bond donors (Lipinski definition) is 2. The van der Waals surface area contributed by atoms with Crippen molar-refractivity contribution in [1.29, 1.82) is 0 Å². The van der Waals surface area contributed by atoms with E-state index in [2.05, 4.69) is 14.9 Å². The van der Waals surface area contributed by atoms with Crippen molar-refractivity contribution in [2.45, 2.75) is 77.4 Å². The number of nitrogens with one attached hydrogen (secondary N) is 1. The van der Waals surface area contributed by atoms with Crippen LogP contribution in [0.1, 0.15) is 67.5 Å². The zero-order chi connectivity index (χ0) is 36.8. The van der Waals surface area contributed by atoms with Gasteiger partial charge in [0.15, 0.2) is 0 Å². The van der Waals surface area contributed by atoms with Crippen molar-refractivity contribution in [2.24, 2.45) is 0 Å². The molecule has 2 aromatic heterocycles. The first-order chi connectivity index (χ1) is 25.1. The molecule has 0 spiro atoms. The zero-order valence-electron chi connectivity index (χ0n) is 29.5. The molecule has 10 nitrogen and oxygen atoms in total. The average molecular weight is 731 g/mol. The highest BCUT2D eigenvalue weighted by atomic mass is 35.5. The summed E-state index contributed by atoms with van der Waals surface area (Å²) in [5.74, 6) is 0.221. The number of alkyl halides is 2. The minimum Gasteiger partial charge on any atom is -0.397 e. The lowest BCUT2D eigenvalue weighted by Crippen LogP contribution is -2.50. The van der Waals surface area contributed by atoms with Gasteiger partial charge in [-0.25, -0.2) is 23.5 Å². The first-order valence-electron chi connectivity index (χ1n) is 17.8. The van der Waals surface area contributed by atoms with E-state index in [0.717, 1.165) is 35.2 Å². The number of benzene rings is 3. The van der Waals surface area contributed by atoms with Gasteiger partial charge in [-0.2, -0.15) is 0 Å². The van der Waals surface area contributed by atoms with Crippen LogP contribution in [0.2, 0.25) is 5.02 Å². The minimum absolute atomic E-state index is 0.0155. The third kappa shape index (κ3) is 8.39. The number of carbonyl (C=O) groups excluding carboxylic acids is 2. The molecule has 3 N–H and O–H groups in total. The molecule has 3 amide bonds. The molecule has 1 aliphatic rings. The lowest BCUT2D eigenvalue weighted by atomic mass is 9.92. The van der Waals surface area contributed by atoms with Gasteiger partial charge in [-0.05, 0) is 81.0 Å². The lowest BCUT2D eigenvalue weighted by Gasteiger charge is -2.38. The first-order valence-corrected chi connectivity index (χ1v) is 18.2. The summed E-state index contributed by atoms with van der Waals surface area (Å²) in [7, 11) is 0. The number of hydrogen-bond acceptors (Lipinski definition) is 5. The molecule has 0 radical (unpaired) electrons. The Labute approximate surface area is 307 Å². The summed E-state index contributed by atoms with van der Waals surface area (Å²) in [6.45, 7) is 6.83. The van der Waals surface area contributed by atoms with Crippen molar-refractivity contribution in [3.63, 3.8) is 0 Å². The molecule has 5 aromatic rings. The number of halogens is 3. The van der Waals surface area contributed by atoms with Crippen LogP contribution in [0.25, 0.3) is 11.0 Å². The van der Waals surface area contributed by atoms with E-state index < -0.39 is 12.3 Å². The predicted molar refractivity (Wildman–Crippen MR) is 201 cm³/mol. The maximum Gasteiger partial charge on any atom is 0.322 e. The molecule has 0 bridgehead atoms. The van der Waals surface area contributed by atoms with Gasteiger partial charge in [0.1, 0.15) is 5.82 Å². The van der Waals surface area contributed by atoms with Crippen molar-refractivity contribution >= 4 is 45.9 Å². The van der Waals surface area contributed by atoms with E-state index in [1.165, 1.54) is 6.07 Å². The molecular formula is C39H45ClF2N8O2. The topological polar surface area (TPSA) is 114 Å². The zero-order valence-corrected chi connectivity index (χ0v) is 30.3. The van der Waals surface area contributed by atoms with Gasteiger partial charge in [-0.3, -0.25) is 4.79 Å². The quantitative estimate of drug-likeness (QED) is 0.119. The largest absolute Gasteiger partial charge is 0.397 e.